The molecule has 0 saturated carbocycles. The minimum Gasteiger partial charge on any atom is -0.383 e. The Hall–Kier alpha value is -1.65. The number of aryl methyl sites for hydroxylation is 1. The van der Waals surface area contributed by atoms with Gasteiger partial charge >= 0.3 is 0 Å². The Morgan fingerprint density at radius 1 is 1.40 bits per heavy atom. The third-order valence-electron chi connectivity index (χ3n) is 3.16. The van der Waals surface area contributed by atoms with E-state index in [9.17, 15) is 4.39 Å². The zero-order chi connectivity index (χ0) is 14.7. The van der Waals surface area contributed by atoms with Crippen LogP contribution in [0.25, 0.3) is 0 Å². The number of aromatic nitrogens is 1. The highest BCUT2D eigenvalue weighted by Crippen LogP contribution is 2.28. The maximum atomic E-state index is 13.8. The van der Waals surface area contributed by atoms with Crippen molar-refractivity contribution in [1.29, 1.82) is 0 Å². The number of nitrogens with zero attached hydrogens (tertiary/aromatic N) is 1. The van der Waals surface area contributed by atoms with Gasteiger partial charge in [-0.3, -0.25) is 0 Å². The average Bonchev–Trinajstić information content (AvgIpc) is 2.42. The van der Waals surface area contributed by atoms with Crippen LogP contribution in [-0.2, 0) is 0 Å². The van der Waals surface area contributed by atoms with Gasteiger partial charge in [0.25, 0.3) is 0 Å². The number of hydrogen-bond donors (Lipinski definition) is 2. The third-order valence-corrected chi connectivity index (χ3v) is 3.37. The highest BCUT2D eigenvalue weighted by atomic mass is 35.5. The molecule has 0 aliphatic rings. The van der Waals surface area contributed by atoms with Crippen LogP contribution in [0.4, 0.5) is 10.2 Å². The van der Waals surface area contributed by atoms with Gasteiger partial charge in [-0.25, -0.2) is 9.37 Å². The van der Waals surface area contributed by atoms with Crippen molar-refractivity contribution in [3.8, 4) is 0 Å². The van der Waals surface area contributed by atoms with E-state index in [0.717, 1.165) is 11.1 Å². The highest BCUT2D eigenvalue weighted by Gasteiger charge is 2.18. The summed E-state index contributed by atoms with van der Waals surface area (Å²) < 4.78 is 13.8. The molecule has 0 aliphatic heterocycles. The van der Waals surface area contributed by atoms with Crippen molar-refractivity contribution in [3.63, 3.8) is 0 Å². The second kappa shape index (κ2) is 6.20. The van der Waals surface area contributed by atoms with E-state index in [0.29, 0.717) is 22.9 Å². The van der Waals surface area contributed by atoms with E-state index in [2.05, 4.69) is 10.3 Å². The number of pyridine rings is 1. The number of nitrogens with two attached hydrogens (primary N) is 1. The van der Waals surface area contributed by atoms with Gasteiger partial charge in [-0.1, -0.05) is 30.7 Å². The molecule has 20 heavy (non-hydrogen) atoms. The molecule has 3 nitrogen and oxygen atoms in total. The first-order valence-electron chi connectivity index (χ1n) is 6.43. The van der Waals surface area contributed by atoms with E-state index in [-0.39, 0.29) is 11.9 Å². The number of anilines is 1. The van der Waals surface area contributed by atoms with Crippen molar-refractivity contribution in [2.24, 2.45) is 0 Å². The van der Waals surface area contributed by atoms with E-state index < -0.39 is 0 Å². The molecule has 1 heterocycles. The summed E-state index contributed by atoms with van der Waals surface area (Å²) in [5.74, 6) is 0.153. The van der Waals surface area contributed by atoms with Gasteiger partial charge in [0.15, 0.2) is 0 Å². The van der Waals surface area contributed by atoms with Gasteiger partial charge in [0, 0.05) is 11.8 Å². The first-order valence-corrected chi connectivity index (χ1v) is 6.81. The van der Waals surface area contributed by atoms with Crippen molar-refractivity contribution < 1.29 is 4.39 Å². The van der Waals surface area contributed by atoms with Crippen LogP contribution in [0.15, 0.2) is 30.5 Å². The summed E-state index contributed by atoms with van der Waals surface area (Å²) in [6.45, 7) is 4.43. The molecule has 2 rings (SSSR count). The Kier molecular flexibility index (Phi) is 4.57. The van der Waals surface area contributed by atoms with Crippen molar-refractivity contribution in [2.45, 2.75) is 19.9 Å². The summed E-state index contributed by atoms with van der Waals surface area (Å²) in [6.07, 6.45) is 1.50. The lowest BCUT2D eigenvalue weighted by Crippen LogP contribution is -2.23. The standard InChI is InChI=1S/C15H17ClFN3/c1-3-19-14(10-5-4-9(2)13(17)6-10)12-7-11(16)8-20-15(12)18/h4-8,14,19H,3H2,1-2H3,(H2,18,20). The molecular weight excluding hydrogens is 277 g/mol. The summed E-state index contributed by atoms with van der Waals surface area (Å²) in [6, 6.07) is 6.68. The normalized spacial score (nSPS) is 12.4. The quantitative estimate of drug-likeness (QED) is 0.907. The molecule has 0 amide bonds. The van der Waals surface area contributed by atoms with E-state index in [1.54, 1.807) is 19.1 Å². The molecule has 5 heteroatoms. The summed E-state index contributed by atoms with van der Waals surface area (Å²) in [5, 5.41) is 3.79. The zero-order valence-corrected chi connectivity index (χ0v) is 12.2. The second-order valence-electron chi connectivity index (χ2n) is 4.63. The highest BCUT2D eigenvalue weighted by molar-refractivity contribution is 6.30. The molecule has 2 aromatic rings. The molecule has 1 aromatic carbocycles. The molecule has 106 valence electrons. The fraction of sp³-hybridized carbons (Fsp3) is 0.267. The molecule has 3 N–H and O–H groups in total. The number of nitrogen functional groups attached to an aromatic ring is 1. The molecule has 1 atom stereocenters. The lowest BCUT2D eigenvalue weighted by atomic mass is 9.98. The van der Waals surface area contributed by atoms with Gasteiger partial charge in [0.05, 0.1) is 11.1 Å². The van der Waals surface area contributed by atoms with Crippen LogP contribution in [0.2, 0.25) is 5.02 Å². The van der Waals surface area contributed by atoms with Crippen LogP contribution < -0.4 is 11.1 Å². The SMILES string of the molecule is CCNC(c1ccc(C)c(F)c1)c1cc(Cl)cnc1N. The largest absolute Gasteiger partial charge is 0.383 e. The number of benzene rings is 1. The molecular formula is C15H17ClFN3. The molecule has 0 radical (unpaired) electrons. The average molecular weight is 294 g/mol. The topological polar surface area (TPSA) is 50.9 Å². The Balaban J connectivity index is 2.49. The summed E-state index contributed by atoms with van der Waals surface area (Å²) in [7, 11) is 0. The molecule has 1 aromatic heterocycles. The molecule has 0 aliphatic carbocycles. The lowest BCUT2D eigenvalue weighted by Gasteiger charge is -2.20. The van der Waals surface area contributed by atoms with Crippen LogP contribution >= 0.6 is 11.6 Å². The Labute approximate surface area is 123 Å². The molecule has 0 bridgehead atoms. The maximum absolute atomic E-state index is 13.8. The van der Waals surface area contributed by atoms with Crippen LogP contribution in [0.5, 0.6) is 0 Å². The van der Waals surface area contributed by atoms with Gasteiger partial charge in [0.2, 0.25) is 0 Å². The fourth-order valence-electron chi connectivity index (χ4n) is 2.10. The summed E-state index contributed by atoms with van der Waals surface area (Å²) >= 11 is 5.99. The minimum atomic E-state index is -0.237. The molecule has 0 fully saturated rings. The summed E-state index contributed by atoms with van der Waals surface area (Å²) in [4.78, 5) is 4.06. The van der Waals surface area contributed by atoms with Gasteiger partial charge in [-0.15, -0.1) is 0 Å². The van der Waals surface area contributed by atoms with Crippen molar-refractivity contribution >= 4 is 17.4 Å². The van der Waals surface area contributed by atoms with Crippen molar-refractivity contribution in [2.75, 3.05) is 12.3 Å². The third kappa shape index (κ3) is 3.08. The molecule has 0 saturated heterocycles. The van der Waals surface area contributed by atoms with Gasteiger partial charge in [-0.2, -0.15) is 0 Å². The van der Waals surface area contributed by atoms with Crippen molar-refractivity contribution in [3.05, 3.63) is 58.0 Å². The van der Waals surface area contributed by atoms with E-state index in [4.69, 9.17) is 17.3 Å². The predicted octanol–water partition coefficient (Wildman–Crippen LogP) is 3.46. The van der Waals surface area contributed by atoms with Crippen molar-refractivity contribution in [1.82, 2.24) is 10.3 Å². The van der Waals surface area contributed by atoms with E-state index >= 15 is 0 Å². The monoisotopic (exact) mass is 293 g/mol. The Morgan fingerprint density at radius 2 is 2.15 bits per heavy atom. The van der Waals surface area contributed by atoms with Gasteiger partial charge < -0.3 is 11.1 Å². The number of nitrogens with one attached hydrogen (secondary N) is 1. The second-order valence-corrected chi connectivity index (χ2v) is 5.06. The van der Waals surface area contributed by atoms with E-state index in [1.807, 2.05) is 13.0 Å². The van der Waals surface area contributed by atoms with Gasteiger partial charge in [0.1, 0.15) is 11.6 Å². The summed E-state index contributed by atoms with van der Waals surface area (Å²) in [5.41, 5.74) is 8.08. The van der Waals surface area contributed by atoms with E-state index in [1.165, 1.54) is 12.3 Å². The van der Waals surface area contributed by atoms with Crippen LogP contribution in [0, 0.1) is 12.7 Å². The van der Waals surface area contributed by atoms with Crippen LogP contribution in [-0.4, -0.2) is 11.5 Å². The number of hydrogen-bond acceptors (Lipinski definition) is 3. The van der Waals surface area contributed by atoms with Gasteiger partial charge in [-0.05, 0) is 36.7 Å². The smallest absolute Gasteiger partial charge is 0.128 e. The Morgan fingerprint density at radius 3 is 2.80 bits per heavy atom. The van der Waals surface area contributed by atoms with Crippen LogP contribution in [0.3, 0.4) is 0 Å². The number of halogens is 2. The fourth-order valence-corrected chi connectivity index (χ4v) is 2.26. The Bertz CT molecular complexity index is 616. The zero-order valence-electron chi connectivity index (χ0n) is 11.5. The molecule has 0 spiro atoms. The maximum Gasteiger partial charge on any atom is 0.128 e. The lowest BCUT2D eigenvalue weighted by molar-refractivity contribution is 0.597. The predicted molar refractivity (Wildman–Crippen MR) is 80.3 cm³/mol. The minimum absolute atomic E-state index is 0.235. The number of rotatable bonds is 4. The molecule has 1 unspecified atom stereocenters. The first kappa shape index (κ1) is 14.8. The first-order chi connectivity index (χ1) is 9.52. The van der Waals surface area contributed by atoms with Crippen LogP contribution in [0.1, 0.15) is 29.7 Å².